The lowest BCUT2D eigenvalue weighted by Crippen LogP contribution is -2.24. The van der Waals surface area contributed by atoms with E-state index in [1.165, 1.54) is 9.36 Å². The van der Waals surface area contributed by atoms with E-state index < -0.39 is 22.9 Å². The normalized spacial score (nSPS) is 12.6. The Balaban J connectivity index is 0.000000186. The van der Waals surface area contributed by atoms with Crippen LogP contribution in [0.25, 0.3) is 22.1 Å². The fourth-order valence-electron chi connectivity index (χ4n) is 6.46. The minimum atomic E-state index is -0.594. The molecule has 8 rings (SSSR count). The summed E-state index contributed by atoms with van der Waals surface area (Å²) in [5.74, 6) is 0.766. The molecule has 320 valence electrons. The Labute approximate surface area is 357 Å². The van der Waals surface area contributed by atoms with Gasteiger partial charge in [-0.3, -0.25) is 9.59 Å². The molecule has 0 saturated carbocycles. The molecule has 4 aromatic heterocycles. The standard InChI is InChI=1S/2C22H24N6O3/c2*1-22(2,3)21(29)31-14-27-13-17(24-25-27)20(15-9-5-8-12-19(15)30-4)28-18-11-7-6-10-16(18)23-26-28/h2*5-13,20H,14H2,1-4H3/t2*20-/m10/s1. The van der Waals surface area contributed by atoms with Crippen molar-refractivity contribution in [3.05, 3.63) is 132 Å². The molecule has 0 aliphatic rings. The smallest absolute Gasteiger partial charge is 0.313 e. The first-order chi connectivity index (χ1) is 29.8. The summed E-state index contributed by atoms with van der Waals surface area (Å²) in [7, 11) is 3.25. The second-order valence-electron chi connectivity index (χ2n) is 16.3. The van der Waals surface area contributed by atoms with Gasteiger partial charge in [-0.15, -0.1) is 20.4 Å². The highest BCUT2D eigenvalue weighted by Crippen LogP contribution is 2.35. The largest absolute Gasteiger partial charge is 0.496 e. The highest BCUT2D eigenvalue weighted by atomic mass is 16.6. The van der Waals surface area contributed by atoms with E-state index in [0.717, 1.165) is 33.2 Å². The lowest BCUT2D eigenvalue weighted by Gasteiger charge is -2.18. The number of ether oxygens (including phenoxy) is 4. The van der Waals surface area contributed by atoms with Gasteiger partial charge in [0.05, 0.1) is 48.5 Å². The summed E-state index contributed by atoms with van der Waals surface area (Å²) in [4.78, 5) is 24.2. The Morgan fingerprint density at radius 3 is 1.27 bits per heavy atom. The molecule has 0 fully saturated rings. The van der Waals surface area contributed by atoms with Crippen molar-refractivity contribution in [1.82, 2.24) is 60.0 Å². The molecule has 18 heteroatoms. The lowest BCUT2D eigenvalue weighted by molar-refractivity contribution is -0.158. The monoisotopic (exact) mass is 840 g/mol. The van der Waals surface area contributed by atoms with E-state index in [-0.39, 0.29) is 25.4 Å². The third-order valence-electron chi connectivity index (χ3n) is 9.66. The van der Waals surface area contributed by atoms with E-state index in [9.17, 15) is 9.59 Å². The van der Waals surface area contributed by atoms with Gasteiger partial charge in [-0.2, -0.15) is 0 Å². The van der Waals surface area contributed by atoms with E-state index in [0.29, 0.717) is 22.9 Å². The average Bonchev–Trinajstić information content (AvgIpc) is 4.10. The molecule has 0 aliphatic heterocycles. The van der Waals surface area contributed by atoms with Crippen molar-refractivity contribution in [2.45, 2.75) is 67.1 Å². The summed E-state index contributed by atoms with van der Waals surface area (Å²) < 4.78 is 28.5. The van der Waals surface area contributed by atoms with Crippen molar-refractivity contribution in [1.29, 1.82) is 0 Å². The van der Waals surface area contributed by atoms with Gasteiger partial charge >= 0.3 is 11.9 Å². The highest BCUT2D eigenvalue weighted by molar-refractivity contribution is 5.76. The molecule has 0 unspecified atom stereocenters. The number of carbonyl (C=O) groups is 2. The fraction of sp³-hybridized carbons (Fsp3) is 0.318. The first kappa shape index (κ1) is 42.6. The number of esters is 2. The molecule has 18 nitrogen and oxygen atoms in total. The quantitative estimate of drug-likeness (QED) is 0.122. The van der Waals surface area contributed by atoms with Crippen LogP contribution in [0.1, 0.15) is 76.1 Å². The lowest BCUT2D eigenvalue weighted by atomic mass is 9.97. The predicted molar refractivity (Wildman–Crippen MR) is 227 cm³/mol. The third-order valence-corrected chi connectivity index (χ3v) is 9.66. The first-order valence-electron chi connectivity index (χ1n) is 19.8. The Bertz CT molecular complexity index is 2600. The molecule has 0 bridgehead atoms. The summed E-state index contributed by atoms with van der Waals surface area (Å²) in [6, 6.07) is 29.9. The van der Waals surface area contributed by atoms with Crippen molar-refractivity contribution in [2.24, 2.45) is 10.8 Å². The van der Waals surface area contributed by atoms with Crippen LogP contribution in [0.4, 0.5) is 0 Å². The summed E-state index contributed by atoms with van der Waals surface area (Å²) in [6.07, 6.45) is 3.48. The molecule has 4 heterocycles. The minimum absolute atomic E-state index is 0.0279. The summed E-state index contributed by atoms with van der Waals surface area (Å²) in [6.45, 7) is 10.8. The van der Waals surface area contributed by atoms with Crippen LogP contribution >= 0.6 is 0 Å². The van der Waals surface area contributed by atoms with Gasteiger partial charge in [0.1, 0.15) is 46.0 Å². The molecule has 2 atom stereocenters. The Morgan fingerprint density at radius 1 is 0.516 bits per heavy atom. The number of hydrogen-bond acceptors (Lipinski definition) is 14. The minimum Gasteiger partial charge on any atom is -0.496 e. The third kappa shape index (κ3) is 9.28. The van der Waals surface area contributed by atoms with Crippen molar-refractivity contribution in [2.75, 3.05) is 14.2 Å². The second kappa shape index (κ2) is 18.0. The van der Waals surface area contributed by atoms with E-state index in [1.54, 1.807) is 77.5 Å². The topological polar surface area (TPSA) is 194 Å². The summed E-state index contributed by atoms with van der Waals surface area (Å²) in [5, 5.41) is 34.3. The number of fused-ring (bicyclic) bond motifs is 2. The van der Waals surface area contributed by atoms with Crippen molar-refractivity contribution in [3.63, 3.8) is 0 Å². The summed E-state index contributed by atoms with van der Waals surface area (Å²) in [5.41, 5.74) is 5.02. The number of hydrogen-bond donors (Lipinski definition) is 0. The van der Waals surface area contributed by atoms with Gasteiger partial charge in [0.25, 0.3) is 0 Å². The molecule has 0 N–H and O–H groups in total. The van der Waals surface area contributed by atoms with E-state index in [2.05, 4.69) is 41.2 Å². The number of aromatic nitrogens is 12. The maximum absolute atomic E-state index is 12.1. The van der Waals surface area contributed by atoms with Gasteiger partial charge in [-0.1, -0.05) is 81.5 Å². The molecule has 4 aromatic carbocycles. The van der Waals surface area contributed by atoms with Gasteiger partial charge in [0.15, 0.2) is 13.5 Å². The maximum Gasteiger partial charge on any atom is 0.313 e. The second-order valence-corrected chi connectivity index (χ2v) is 16.3. The zero-order chi connectivity index (χ0) is 44.0. The Hall–Kier alpha value is -7.50. The zero-order valence-corrected chi connectivity index (χ0v) is 35.8. The number of nitrogens with zero attached hydrogens (tertiary/aromatic N) is 12. The van der Waals surface area contributed by atoms with Gasteiger partial charge in [-0.25, -0.2) is 18.7 Å². The zero-order valence-electron chi connectivity index (χ0n) is 35.8. The van der Waals surface area contributed by atoms with Gasteiger partial charge in [-0.05, 0) is 77.9 Å². The van der Waals surface area contributed by atoms with Gasteiger partial charge < -0.3 is 18.9 Å². The van der Waals surface area contributed by atoms with Crippen molar-refractivity contribution in [3.8, 4) is 11.5 Å². The van der Waals surface area contributed by atoms with E-state index in [1.807, 2.05) is 97.1 Å². The maximum atomic E-state index is 12.1. The Morgan fingerprint density at radius 2 is 0.887 bits per heavy atom. The predicted octanol–water partition coefficient (Wildman–Crippen LogP) is 6.43. The molecule has 8 aromatic rings. The van der Waals surface area contributed by atoms with Crippen LogP contribution < -0.4 is 9.47 Å². The number of benzene rings is 4. The molecule has 0 radical (unpaired) electrons. The first-order valence-corrected chi connectivity index (χ1v) is 19.8. The van der Waals surface area contributed by atoms with Crippen molar-refractivity contribution >= 4 is 34.0 Å². The van der Waals surface area contributed by atoms with E-state index in [4.69, 9.17) is 18.9 Å². The number of methoxy groups -OCH3 is 2. The Kier molecular flexibility index (Phi) is 12.4. The summed E-state index contributed by atoms with van der Waals surface area (Å²) >= 11 is 0. The molecule has 0 spiro atoms. The van der Waals surface area contributed by atoms with Crippen LogP contribution in [0, 0.1) is 10.8 Å². The number of rotatable bonds is 12. The van der Waals surface area contributed by atoms with E-state index >= 15 is 0 Å². The van der Waals surface area contributed by atoms with Gasteiger partial charge in [0, 0.05) is 11.1 Å². The molecule has 0 saturated heterocycles. The molecule has 0 aliphatic carbocycles. The van der Waals surface area contributed by atoms with Crippen LogP contribution in [0.15, 0.2) is 109 Å². The molecule has 0 amide bonds. The van der Waals surface area contributed by atoms with Gasteiger partial charge in [0.2, 0.25) is 0 Å². The van der Waals surface area contributed by atoms with Crippen LogP contribution in [-0.2, 0) is 32.5 Å². The van der Waals surface area contributed by atoms with Crippen molar-refractivity contribution < 1.29 is 28.5 Å². The SMILES string of the molecule is COc1ccccc1[C@@H](c1cn(COC(=O)C(C)(C)C)nn1)n1nnc2ccccc21.COc1ccccc1[C@H](c1cn(COC(=O)C(C)(C)C)nn1)n1nnc2ccccc21. The number of para-hydroxylation sites is 4. The van der Waals surface area contributed by atoms with Crippen LogP contribution in [0.5, 0.6) is 11.5 Å². The molecule has 62 heavy (non-hydrogen) atoms. The van der Waals surface area contributed by atoms with Crippen LogP contribution in [0.3, 0.4) is 0 Å². The molecular weight excluding hydrogens is 793 g/mol. The van der Waals surface area contributed by atoms with Crippen LogP contribution in [0.2, 0.25) is 0 Å². The highest BCUT2D eigenvalue weighted by Gasteiger charge is 2.29. The average molecular weight is 841 g/mol. The fourth-order valence-corrected chi connectivity index (χ4v) is 6.46. The number of carbonyl (C=O) groups excluding carboxylic acids is 2. The molecular formula is C44H48N12O6. The van der Waals surface area contributed by atoms with Crippen LogP contribution in [-0.4, -0.2) is 86.1 Å².